The standard InChI is InChI=1S/C16H15F2NO2/c1-2-21-15-8-5-12(9-14(15)18)16(20)19-10-11-3-6-13(17)7-4-11/h3-9H,2,10H2,1H3,(H,19,20). The molecule has 0 aromatic heterocycles. The average Bonchev–Trinajstić information content (AvgIpc) is 2.48. The van der Waals surface area contributed by atoms with E-state index in [0.29, 0.717) is 6.61 Å². The Balaban J connectivity index is 2.00. The molecule has 0 radical (unpaired) electrons. The van der Waals surface area contributed by atoms with Crippen LogP contribution in [-0.2, 0) is 6.54 Å². The molecule has 0 aliphatic heterocycles. The van der Waals surface area contributed by atoms with Gasteiger partial charge in [-0.05, 0) is 42.8 Å². The first-order valence-electron chi connectivity index (χ1n) is 6.55. The van der Waals surface area contributed by atoms with Crippen molar-refractivity contribution in [1.29, 1.82) is 0 Å². The van der Waals surface area contributed by atoms with Gasteiger partial charge in [0.2, 0.25) is 0 Å². The average molecular weight is 291 g/mol. The smallest absolute Gasteiger partial charge is 0.251 e. The summed E-state index contributed by atoms with van der Waals surface area (Å²) < 4.78 is 31.5. The van der Waals surface area contributed by atoms with Crippen LogP contribution in [0.15, 0.2) is 42.5 Å². The first-order valence-corrected chi connectivity index (χ1v) is 6.55. The van der Waals surface area contributed by atoms with E-state index in [1.807, 2.05) is 0 Å². The quantitative estimate of drug-likeness (QED) is 0.918. The molecule has 0 bridgehead atoms. The topological polar surface area (TPSA) is 38.3 Å². The first-order chi connectivity index (χ1) is 10.1. The lowest BCUT2D eigenvalue weighted by Gasteiger charge is -2.08. The van der Waals surface area contributed by atoms with Gasteiger partial charge in [-0.3, -0.25) is 4.79 Å². The number of rotatable bonds is 5. The van der Waals surface area contributed by atoms with Gasteiger partial charge in [0.1, 0.15) is 5.82 Å². The number of amides is 1. The molecule has 0 atom stereocenters. The fourth-order valence-electron chi connectivity index (χ4n) is 1.80. The van der Waals surface area contributed by atoms with Crippen LogP contribution < -0.4 is 10.1 Å². The molecule has 0 aliphatic carbocycles. The highest BCUT2D eigenvalue weighted by molar-refractivity contribution is 5.94. The van der Waals surface area contributed by atoms with Crippen LogP contribution in [0.5, 0.6) is 5.75 Å². The summed E-state index contributed by atoms with van der Waals surface area (Å²) in [4.78, 5) is 11.9. The zero-order valence-corrected chi connectivity index (χ0v) is 11.5. The number of carbonyl (C=O) groups excluding carboxylic acids is 1. The molecule has 0 saturated heterocycles. The summed E-state index contributed by atoms with van der Waals surface area (Å²) in [5, 5.41) is 2.64. The Morgan fingerprint density at radius 2 is 1.86 bits per heavy atom. The minimum Gasteiger partial charge on any atom is -0.491 e. The largest absolute Gasteiger partial charge is 0.491 e. The van der Waals surface area contributed by atoms with E-state index < -0.39 is 11.7 Å². The van der Waals surface area contributed by atoms with Crippen LogP contribution in [0, 0.1) is 11.6 Å². The summed E-state index contributed by atoms with van der Waals surface area (Å²) in [7, 11) is 0. The van der Waals surface area contributed by atoms with Crippen molar-refractivity contribution in [2.75, 3.05) is 6.61 Å². The fraction of sp³-hybridized carbons (Fsp3) is 0.188. The molecule has 1 N–H and O–H groups in total. The lowest BCUT2D eigenvalue weighted by molar-refractivity contribution is 0.0950. The summed E-state index contributed by atoms with van der Waals surface area (Å²) in [6, 6.07) is 9.84. The molecule has 21 heavy (non-hydrogen) atoms. The second kappa shape index (κ2) is 6.83. The van der Waals surface area contributed by atoms with Crippen LogP contribution >= 0.6 is 0 Å². The number of carbonyl (C=O) groups is 1. The maximum absolute atomic E-state index is 13.7. The second-order valence-electron chi connectivity index (χ2n) is 4.39. The van der Waals surface area contributed by atoms with E-state index in [1.54, 1.807) is 19.1 Å². The van der Waals surface area contributed by atoms with Gasteiger partial charge in [-0.15, -0.1) is 0 Å². The van der Waals surface area contributed by atoms with Crippen molar-refractivity contribution < 1.29 is 18.3 Å². The van der Waals surface area contributed by atoms with Gasteiger partial charge < -0.3 is 10.1 Å². The fourth-order valence-corrected chi connectivity index (χ4v) is 1.80. The van der Waals surface area contributed by atoms with Crippen molar-refractivity contribution in [3.05, 3.63) is 65.2 Å². The number of nitrogens with one attached hydrogen (secondary N) is 1. The molecule has 0 fully saturated rings. The monoisotopic (exact) mass is 291 g/mol. The Labute approximate surface area is 121 Å². The van der Waals surface area contributed by atoms with Gasteiger partial charge in [0.05, 0.1) is 6.61 Å². The normalized spacial score (nSPS) is 10.2. The predicted molar refractivity (Wildman–Crippen MR) is 75.1 cm³/mol. The van der Waals surface area contributed by atoms with Crippen LogP contribution in [0.1, 0.15) is 22.8 Å². The molecule has 1 amide bonds. The Bertz CT molecular complexity index is 627. The van der Waals surface area contributed by atoms with Gasteiger partial charge in [-0.2, -0.15) is 0 Å². The highest BCUT2D eigenvalue weighted by atomic mass is 19.1. The van der Waals surface area contributed by atoms with E-state index in [-0.39, 0.29) is 23.7 Å². The van der Waals surface area contributed by atoms with E-state index in [1.165, 1.54) is 24.3 Å². The summed E-state index contributed by atoms with van der Waals surface area (Å²) in [6.07, 6.45) is 0. The molecular weight excluding hydrogens is 276 g/mol. The van der Waals surface area contributed by atoms with Crippen molar-refractivity contribution >= 4 is 5.91 Å². The summed E-state index contributed by atoms with van der Waals surface area (Å²) in [6.45, 7) is 2.35. The molecule has 5 heteroatoms. The zero-order valence-electron chi connectivity index (χ0n) is 11.5. The van der Waals surface area contributed by atoms with Crippen molar-refractivity contribution in [1.82, 2.24) is 5.32 Å². The van der Waals surface area contributed by atoms with E-state index >= 15 is 0 Å². The maximum atomic E-state index is 13.7. The number of halogens is 2. The summed E-state index contributed by atoms with van der Waals surface area (Å²) >= 11 is 0. The second-order valence-corrected chi connectivity index (χ2v) is 4.39. The Morgan fingerprint density at radius 1 is 1.14 bits per heavy atom. The molecule has 0 aliphatic rings. The van der Waals surface area contributed by atoms with E-state index in [4.69, 9.17) is 4.74 Å². The van der Waals surface area contributed by atoms with Crippen molar-refractivity contribution in [3.63, 3.8) is 0 Å². The number of hydrogen-bond acceptors (Lipinski definition) is 2. The first kappa shape index (κ1) is 15.0. The van der Waals surface area contributed by atoms with Gasteiger partial charge in [0.15, 0.2) is 11.6 Å². The van der Waals surface area contributed by atoms with Gasteiger partial charge in [0, 0.05) is 12.1 Å². The number of hydrogen-bond donors (Lipinski definition) is 1. The number of ether oxygens (including phenoxy) is 1. The van der Waals surface area contributed by atoms with E-state index in [0.717, 1.165) is 11.6 Å². The summed E-state index contributed by atoms with van der Waals surface area (Å²) in [5.74, 6) is -1.20. The third-order valence-electron chi connectivity index (χ3n) is 2.86. The minimum absolute atomic E-state index is 0.118. The third-order valence-corrected chi connectivity index (χ3v) is 2.86. The molecular formula is C16H15F2NO2. The number of benzene rings is 2. The molecule has 0 unspecified atom stereocenters. The van der Waals surface area contributed by atoms with Gasteiger partial charge in [-0.1, -0.05) is 12.1 Å². The highest BCUT2D eigenvalue weighted by Crippen LogP contribution is 2.18. The van der Waals surface area contributed by atoms with E-state index in [2.05, 4.69) is 5.32 Å². The molecule has 2 aromatic rings. The molecule has 2 rings (SSSR count). The van der Waals surface area contributed by atoms with Crippen molar-refractivity contribution in [2.45, 2.75) is 13.5 Å². The van der Waals surface area contributed by atoms with Crippen molar-refractivity contribution in [3.8, 4) is 5.75 Å². The minimum atomic E-state index is -0.578. The Morgan fingerprint density at radius 3 is 2.48 bits per heavy atom. The molecule has 0 heterocycles. The molecule has 3 nitrogen and oxygen atoms in total. The molecule has 110 valence electrons. The predicted octanol–water partition coefficient (Wildman–Crippen LogP) is 3.29. The van der Waals surface area contributed by atoms with Gasteiger partial charge in [0.25, 0.3) is 5.91 Å². The molecule has 0 spiro atoms. The summed E-state index contributed by atoms with van der Waals surface area (Å²) in [5.41, 5.74) is 0.967. The van der Waals surface area contributed by atoms with Crippen LogP contribution in [0.4, 0.5) is 8.78 Å². The van der Waals surface area contributed by atoms with Crippen LogP contribution in [0.3, 0.4) is 0 Å². The lowest BCUT2D eigenvalue weighted by atomic mass is 10.1. The van der Waals surface area contributed by atoms with Crippen LogP contribution in [0.25, 0.3) is 0 Å². The highest BCUT2D eigenvalue weighted by Gasteiger charge is 2.10. The molecule has 0 saturated carbocycles. The maximum Gasteiger partial charge on any atom is 0.251 e. The van der Waals surface area contributed by atoms with Crippen LogP contribution in [0.2, 0.25) is 0 Å². The Kier molecular flexibility index (Phi) is 4.87. The molecule has 2 aromatic carbocycles. The zero-order chi connectivity index (χ0) is 15.2. The van der Waals surface area contributed by atoms with Crippen molar-refractivity contribution in [2.24, 2.45) is 0 Å². The Hall–Kier alpha value is -2.43. The van der Waals surface area contributed by atoms with Crippen LogP contribution in [-0.4, -0.2) is 12.5 Å². The van der Waals surface area contributed by atoms with E-state index in [9.17, 15) is 13.6 Å². The third kappa shape index (κ3) is 4.02. The van der Waals surface area contributed by atoms with Gasteiger partial charge >= 0.3 is 0 Å². The SMILES string of the molecule is CCOc1ccc(C(=O)NCc2ccc(F)cc2)cc1F. The lowest BCUT2D eigenvalue weighted by Crippen LogP contribution is -2.22. The van der Waals surface area contributed by atoms with Gasteiger partial charge in [-0.25, -0.2) is 8.78 Å².